The summed E-state index contributed by atoms with van der Waals surface area (Å²) in [6, 6.07) is 14.6. The third-order valence-corrected chi connectivity index (χ3v) is 4.36. The molecule has 3 aromatic rings. The van der Waals surface area contributed by atoms with Crippen molar-refractivity contribution in [1.82, 2.24) is 4.98 Å². The van der Waals surface area contributed by atoms with Gasteiger partial charge in [0, 0.05) is 10.4 Å². The van der Waals surface area contributed by atoms with Gasteiger partial charge in [-0.25, -0.2) is 9.78 Å². The van der Waals surface area contributed by atoms with Crippen molar-refractivity contribution in [1.29, 1.82) is 0 Å². The molecule has 0 amide bonds. The molecule has 0 aliphatic heterocycles. The summed E-state index contributed by atoms with van der Waals surface area (Å²) in [7, 11) is 0. The Kier molecular flexibility index (Phi) is 5.53. The van der Waals surface area contributed by atoms with Gasteiger partial charge >= 0.3 is 5.97 Å². The lowest BCUT2D eigenvalue weighted by Crippen LogP contribution is -2.09. The number of para-hydroxylation sites is 1. The summed E-state index contributed by atoms with van der Waals surface area (Å²) >= 11 is 7.29. The van der Waals surface area contributed by atoms with E-state index in [0.717, 1.165) is 5.75 Å². The molecular weight excluding hydrogens is 362 g/mol. The highest BCUT2D eigenvalue weighted by atomic mass is 35.5. The summed E-state index contributed by atoms with van der Waals surface area (Å²) in [6.45, 7) is 0.713. The molecule has 7 heteroatoms. The average Bonchev–Trinajstić information content (AvgIpc) is 3.11. The average molecular weight is 376 g/mol. The predicted molar refractivity (Wildman–Crippen MR) is 97.0 cm³/mol. The van der Waals surface area contributed by atoms with E-state index in [1.807, 2.05) is 30.3 Å². The fourth-order valence-electron chi connectivity index (χ4n) is 2.12. The number of carboxylic acids is 1. The summed E-state index contributed by atoms with van der Waals surface area (Å²) in [5.41, 5.74) is 0.656. The van der Waals surface area contributed by atoms with Gasteiger partial charge in [0.15, 0.2) is 5.69 Å². The second-order valence-electron chi connectivity index (χ2n) is 4.99. The molecule has 1 aromatic heterocycles. The zero-order valence-electron chi connectivity index (χ0n) is 13.0. The number of carbonyl (C=O) groups is 1. The van der Waals surface area contributed by atoms with Crippen LogP contribution in [0.25, 0.3) is 10.6 Å². The SMILES string of the molecule is O=C(O)c1csc(-c2cc(Cl)ccc2OCCOc2ccccc2)n1. The molecule has 0 aliphatic rings. The molecule has 5 nitrogen and oxygen atoms in total. The molecule has 1 heterocycles. The second-order valence-corrected chi connectivity index (χ2v) is 6.29. The van der Waals surface area contributed by atoms with E-state index < -0.39 is 5.97 Å². The maximum Gasteiger partial charge on any atom is 0.355 e. The number of aromatic carboxylic acids is 1. The summed E-state index contributed by atoms with van der Waals surface area (Å²) in [6.07, 6.45) is 0. The van der Waals surface area contributed by atoms with Crippen LogP contribution >= 0.6 is 22.9 Å². The molecule has 0 bridgehead atoms. The van der Waals surface area contributed by atoms with E-state index >= 15 is 0 Å². The van der Waals surface area contributed by atoms with Gasteiger partial charge in [-0.05, 0) is 30.3 Å². The first kappa shape index (κ1) is 17.3. The largest absolute Gasteiger partial charge is 0.490 e. The number of carboxylic acid groups (broad SMARTS) is 1. The molecule has 0 saturated carbocycles. The molecule has 2 aromatic carbocycles. The molecule has 3 rings (SSSR count). The van der Waals surface area contributed by atoms with Gasteiger partial charge in [0.1, 0.15) is 29.7 Å². The van der Waals surface area contributed by atoms with Gasteiger partial charge in [0.2, 0.25) is 0 Å². The minimum atomic E-state index is -1.07. The van der Waals surface area contributed by atoms with Crippen molar-refractivity contribution in [3.05, 3.63) is 64.6 Å². The Bertz CT molecular complexity index is 867. The molecule has 0 spiro atoms. The van der Waals surface area contributed by atoms with Crippen LogP contribution in [0, 0.1) is 0 Å². The van der Waals surface area contributed by atoms with Crippen LogP contribution in [0.4, 0.5) is 0 Å². The van der Waals surface area contributed by atoms with Gasteiger partial charge < -0.3 is 14.6 Å². The first-order chi connectivity index (χ1) is 12.1. The number of thiazole rings is 1. The molecule has 0 aliphatic carbocycles. The molecule has 0 fully saturated rings. The van der Waals surface area contributed by atoms with Gasteiger partial charge in [0.05, 0.1) is 5.56 Å². The highest BCUT2D eigenvalue weighted by Gasteiger charge is 2.14. The highest BCUT2D eigenvalue weighted by Crippen LogP contribution is 2.34. The van der Waals surface area contributed by atoms with E-state index in [4.69, 9.17) is 26.2 Å². The molecular formula is C18H14ClNO4S. The van der Waals surface area contributed by atoms with Crippen molar-refractivity contribution in [3.63, 3.8) is 0 Å². The monoisotopic (exact) mass is 375 g/mol. The number of halogens is 1. The minimum absolute atomic E-state index is 0.00154. The fourth-order valence-corrected chi connectivity index (χ4v) is 3.11. The van der Waals surface area contributed by atoms with Crippen LogP contribution in [0.3, 0.4) is 0 Å². The molecule has 0 radical (unpaired) electrons. The number of aromatic nitrogens is 1. The smallest absolute Gasteiger partial charge is 0.355 e. The Morgan fingerprint density at radius 3 is 2.60 bits per heavy atom. The first-order valence-corrected chi connectivity index (χ1v) is 8.68. The van der Waals surface area contributed by atoms with Crippen molar-refractivity contribution in [2.45, 2.75) is 0 Å². The molecule has 128 valence electrons. The van der Waals surface area contributed by atoms with E-state index in [1.54, 1.807) is 18.2 Å². The third-order valence-electron chi connectivity index (χ3n) is 3.25. The second kappa shape index (κ2) is 8.00. The van der Waals surface area contributed by atoms with E-state index in [0.29, 0.717) is 34.6 Å². The van der Waals surface area contributed by atoms with Gasteiger partial charge in [-0.15, -0.1) is 11.3 Å². The number of nitrogens with zero attached hydrogens (tertiary/aromatic N) is 1. The quantitative estimate of drug-likeness (QED) is 0.610. The molecule has 0 saturated heterocycles. The summed E-state index contributed by atoms with van der Waals surface area (Å²) < 4.78 is 11.4. The summed E-state index contributed by atoms with van der Waals surface area (Å²) in [4.78, 5) is 15.1. The van der Waals surface area contributed by atoms with E-state index in [2.05, 4.69) is 4.98 Å². The Hall–Kier alpha value is -2.57. The fraction of sp³-hybridized carbons (Fsp3) is 0.111. The zero-order valence-corrected chi connectivity index (χ0v) is 14.6. The lowest BCUT2D eigenvalue weighted by atomic mass is 10.2. The van der Waals surface area contributed by atoms with Crippen molar-refractivity contribution in [3.8, 4) is 22.1 Å². The predicted octanol–water partition coefficient (Wildman–Crippen LogP) is 4.62. The Morgan fingerprint density at radius 1 is 1.12 bits per heavy atom. The van der Waals surface area contributed by atoms with Gasteiger partial charge in [-0.3, -0.25) is 0 Å². The van der Waals surface area contributed by atoms with Gasteiger partial charge in [-0.2, -0.15) is 0 Å². The van der Waals surface area contributed by atoms with Crippen LogP contribution in [0.15, 0.2) is 53.9 Å². The Morgan fingerprint density at radius 2 is 1.88 bits per heavy atom. The summed E-state index contributed by atoms with van der Waals surface area (Å²) in [5, 5.41) is 11.6. The lowest BCUT2D eigenvalue weighted by Gasteiger charge is -2.11. The highest BCUT2D eigenvalue weighted by molar-refractivity contribution is 7.13. The van der Waals surface area contributed by atoms with Crippen molar-refractivity contribution in [2.24, 2.45) is 0 Å². The minimum Gasteiger partial charge on any atom is -0.490 e. The van der Waals surface area contributed by atoms with Gasteiger partial charge in [-0.1, -0.05) is 29.8 Å². The maximum atomic E-state index is 11.0. The maximum absolute atomic E-state index is 11.0. The van der Waals surface area contributed by atoms with Crippen molar-refractivity contribution >= 4 is 28.9 Å². The number of hydrogen-bond acceptors (Lipinski definition) is 5. The Balaban J connectivity index is 1.69. The molecule has 0 unspecified atom stereocenters. The van der Waals surface area contributed by atoms with Crippen LogP contribution in [0.5, 0.6) is 11.5 Å². The van der Waals surface area contributed by atoms with E-state index in [9.17, 15) is 4.79 Å². The van der Waals surface area contributed by atoms with Crippen molar-refractivity contribution in [2.75, 3.05) is 13.2 Å². The number of rotatable bonds is 7. The van der Waals surface area contributed by atoms with Gasteiger partial charge in [0.25, 0.3) is 0 Å². The van der Waals surface area contributed by atoms with Crippen LogP contribution in [-0.4, -0.2) is 29.3 Å². The number of benzene rings is 2. The van der Waals surface area contributed by atoms with Crippen molar-refractivity contribution < 1.29 is 19.4 Å². The Labute approximate surface area is 153 Å². The lowest BCUT2D eigenvalue weighted by molar-refractivity contribution is 0.0691. The van der Waals surface area contributed by atoms with Crippen LogP contribution in [0.2, 0.25) is 5.02 Å². The zero-order chi connectivity index (χ0) is 17.6. The number of ether oxygens (including phenoxy) is 2. The normalized spacial score (nSPS) is 10.4. The number of hydrogen-bond donors (Lipinski definition) is 1. The molecule has 0 atom stereocenters. The van der Waals surface area contributed by atoms with Crippen LogP contribution in [0.1, 0.15) is 10.5 Å². The summed E-state index contributed by atoms with van der Waals surface area (Å²) in [5.74, 6) is 0.282. The molecule has 25 heavy (non-hydrogen) atoms. The van der Waals surface area contributed by atoms with Crippen LogP contribution < -0.4 is 9.47 Å². The topological polar surface area (TPSA) is 68.7 Å². The third kappa shape index (κ3) is 4.49. The van der Waals surface area contributed by atoms with Crippen LogP contribution in [-0.2, 0) is 0 Å². The van der Waals surface area contributed by atoms with E-state index in [1.165, 1.54) is 16.7 Å². The standard InChI is InChI=1S/C18H14ClNO4S/c19-12-6-7-16(24-9-8-23-13-4-2-1-3-5-13)14(10-12)17-20-15(11-25-17)18(21)22/h1-7,10-11H,8-9H2,(H,21,22). The first-order valence-electron chi connectivity index (χ1n) is 7.43. The van der Waals surface area contributed by atoms with E-state index in [-0.39, 0.29) is 5.69 Å². The molecule has 1 N–H and O–H groups in total.